The Kier molecular flexibility index (Phi) is 6.60. The van der Waals surface area contributed by atoms with Gasteiger partial charge in [-0.05, 0) is 24.6 Å². The number of thioether (sulfide) groups is 1. The molecule has 0 fully saturated rings. The van der Waals surface area contributed by atoms with Gasteiger partial charge in [-0.1, -0.05) is 60.3 Å². The third-order valence-electron chi connectivity index (χ3n) is 4.09. The summed E-state index contributed by atoms with van der Waals surface area (Å²) < 4.78 is 14.9. The quantitative estimate of drug-likeness (QED) is 0.461. The molecular weight excluding hydrogens is 375 g/mol. The zero-order valence-electron chi connectivity index (χ0n) is 15.5. The fourth-order valence-corrected chi connectivity index (χ4v) is 3.50. The molecule has 1 atom stereocenters. The number of carbonyl (C=O) groups is 1. The van der Waals surface area contributed by atoms with E-state index in [-0.39, 0.29) is 17.0 Å². The number of benzene rings is 2. The van der Waals surface area contributed by atoms with Crippen LogP contribution in [0.4, 0.5) is 4.39 Å². The molecule has 7 heteroatoms. The van der Waals surface area contributed by atoms with Crippen LogP contribution in [0.15, 0.2) is 72.4 Å². The summed E-state index contributed by atoms with van der Waals surface area (Å²) in [6.45, 7) is 6.51. The summed E-state index contributed by atoms with van der Waals surface area (Å²) in [5, 5.41) is 11.7. The van der Waals surface area contributed by atoms with E-state index in [1.807, 2.05) is 41.8 Å². The molecule has 0 unspecified atom stereocenters. The first-order chi connectivity index (χ1) is 13.6. The topological polar surface area (TPSA) is 59.8 Å². The molecule has 3 rings (SSSR count). The Morgan fingerprint density at radius 3 is 2.61 bits per heavy atom. The van der Waals surface area contributed by atoms with Gasteiger partial charge in [-0.3, -0.25) is 9.36 Å². The summed E-state index contributed by atoms with van der Waals surface area (Å²) in [7, 11) is 0. The molecule has 28 heavy (non-hydrogen) atoms. The molecule has 1 heterocycles. The summed E-state index contributed by atoms with van der Waals surface area (Å²) >= 11 is 1.34. The Morgan fingerprint density at radius 1 is 1.21 bits per heavy atom. The molecule has 0 bridgehead atoms. The Balaban J connectivity index is 1.68. The van der Waals surface area contributed by atoms with Crippen molar-refractivity contribution in [3.63, 3.8) is 0 Å². The lowest BCUT2D eigenvalue weighted by molar-refractivity contribution is -0.120. The van der Waals surface area contributed by atoms with Crippen molar-refractivity contribution in [2.24, 2.45) is 0 Å². The average molecular weight is 396 g/mol. The molecule has 0 radical (unpaired) electrons. The van der Waals surface area contributed by atoms with E-state index in [0.29, 0.717) is 18.2 Å². The van der Waals surface area contributed by atoms with Gasteiger partial charge in [-0.2, -0.15) is 0 Å². The number of hydrogen-bond donors (Lipinski definition) is 1. The van der Waals surface area contributed by atoms with Gasteiger partial charge in [0.15, 0.2) is 11.0 Å². The summed E-state index contributed by atoms with van der Waals surface area (Å²) in [5.41, 5.74) is 1.80. The first kappa shape index (κ1) is 19.8. The highest BCUT2D eigenvalue weighted by molar-refractivity contribution is 8.00. The predicted molar refractivity (Wildman–Crippen MR) is 109 cm³/mol. The van der Waals surface area contributed by atoms with Crippen molar-refractivity contribution in [3.05, 3.63) is 78.6 Å². The molecule has 0 aliphatic rings. The number of nitrogens with one attached hydrogen (secondary N) is 1. The number of nitrogens with zero attached hydrogens (tertiary/aromatic N) is 3. The van der Waals surface area contributed by atoms with Gasteiger partial charge in [0.05, 0.1) is 5.25 Å². The predicted octanol–water partition coefficient (Wildman–Crippen LogP) is 4.07. The zero-order chi connectivity index (χ0) is 19.9. The number of amides is 1. The fourth-order valence-electron chi connectivity index (χ4n) is 2.62. The molecule has 0 aliphatic heterocycles. The molecule has 2 aromatic carbocycles. The van der Waals surface area contributed by atoms with Crippen LogP contribution in [0, 0.1) is 5.82 Å². The second kappa shape index (κ2) is 9.32. The van der Waals surface area contributed by atoms with E-state index in [1.165, 1.54) is 23.9 Å². The lowest BCUT2D eigenvalue weighted by Gasteiger charge is -2.13. The van der Waals surface area contributed by atoms with Crippen LogP contribution in [-0.4, -0.2) is 25.9 Å². The SMILES string of the molecule is C=CCn1c(S[C@H](C)C(=O)NCc2ccc(F)cc2)nnc1-c1ccccc1. The molecule has 1 N–H and O–H groups in total. The second-order valence-electron chi connectivity index (χ2n) is 6.18. The maximum Gasteiger partial charge on any atom is 0.233 e. The van der Waals surface area contributed by atoms with Crippen molar-refractivity contribution >= 4 is 17.7 Å². The maximum absolute atomic E-state index is 13.0. The third-order valence-corrected chi connectivity index (χ3v) is 5.17. The first-order valence-electron chi connectivity index (χ1n) is 8.87. The number of halogens is 1. The minimum absolute atomic E-state index is 0.122. The Morgan fingerprint density at radius 2 is 1.93 bits per heavy atom. The number of allylic oxidation sites excluding steroid dienone is 1. The van der Waals surface area contributed by atoms with E-state index in [1.54, 1.807) is 18.2 Å². The van der Waals surface area contributed by atoms with E-state index in [4.69, 9.17) is 0 Å². The first-order valence-corrected chi connectivity index (χ1v) is 9.74. The van der Waals surface area contributed by atoms with E-state index >= 15 is 0 Å². The van der Waals surface area contributed by atoms with Crippen molar-refractivity contribution in [1.82, 2.24) is 20.1 Å². The molecule has 0 saturated carbocycles. The number of aromatic nitrogens is 3. The molecule has 1 aromatic heterocycles. The molecule has 0 spiro atoms. The van der Waals surface area contributed by atoms with E-state index < -0.39 is 0 Å². The van der Waals surface area contributed by atoms with Crippen LogP contribution in [0.3, 0.4) is 0 Å². The highest BCUT2D eigenvalue weighted by Crippen LogP contribution is 2.27. The minimum Gasteiger partial charge on any atom is -0.351 e. The van der Waals surface area contributed by atoms with Crippen LogP contribution in [0.2, 0.25) is 0 Å². The largest absolute Gasteiger partial charge is 0.351 e. The van der Waals surface area contributed by atoms with Gasteiger partial charge < -0.3 is 5.32 Å². The zero-order valence-corrected chi connectivity index (χ0v) is 16.3. The minimum atomic E-state index is -0.364. The lowest BCUT2D eigenvalue weighted by Crippen LogP contribution is -2.30. The molecule has 3 aromatic rings. The normalized spacial score (nSPS) is 11.8. The monoisotopic (exact) mass is 396 g/mol. The average Bonchev–Trinajstić information content (AvgIpc) is 3.10. The van der Waals surface area contributed by atoms with E-state index in [0.717, 1.165) is 17.0 Å². The fraction of sp³-hybridized carbons (Fsp3) is 0.190. The van der Waals surface area contributed by atoms with Gasteiger partial charge in [0.2, 0.25) is 5.91 Å². The van der Waals surface area contributed by atoms with Crippen molar-refractivity contribution < 1.29 is 9.18 Å². The second-order valence-corrected chi connectivity index (χ2v) is 7.48. The van der Waals surface area contributed by atoms with Crippen LogP contribution in [-0.2, 0) is 17.9 Å². The smallest absolute Gasteiger partial charge is 0.233 e. The van der Waals surface area contributed by atoms with Crippen LogP contribution < -0.4 is 5.32 Å². The Bertz CT molecular complexity index is 941. The van der Waals surface area contributed by atoms with Gasteiger partial charge in [0, 0.05) is 18.7 Å². The summed E-state index contributed by atoms with van der Waals surface area (Å²) in [4.78, 5) is 12.4. The van der Waals surface area contributed by atoms with Crippen LogP contribution in [0.1, 0.15) is 12.5 Å². The molecule has 1 amide bonds. The highest BCUT2D eigenvalue weighted by Gasteiger charge is 2.20. The number of hydrogen-bond acceptors (Lipinski definition) is 4. The molecule has 5 nitrogen and oxygen atoms in total. The highest BCUT2D eigenvalue weighted by atomic mass is 32.2. The maximum atomic E-state index is 13.0. The standard InChI is InChI=1S/C21H21FN4OS/c1-3-13-26-19(17-7-5-4-6-8-17)24-25-21(26)28-15(2)20(27)23-14-16-9-11-18(22)12-10-16/h3-12,15H,1,13-14H2,2H3,(H,23,27)/t15-/m1/s1. The van der Waals surface area contributed by atoms with Crippen LogP contribution in [0.25, 0.3) is 11.4 Å². The van der Waals surface area contributed by atoms with Gasteiger partial charge >= 0.3 is 0 Å². The van der Waals surface area contributed by atoms with Gasteiger partial charge in [0.25, 0.3) is 0 Å². The van der Waals surface area contributed by atoms with Crippen LogP contribution in [0.5, 0.6) is 0 Å². The summed E-state index contributed by atoms with van der Waals surface area (Å²) in [6, 6.07) is 15.8. The van der Waals surface area contributed by atoms with Gasteiger partial charge in [0.1, 0.15) is 5.82 Å². The molecule has 0 saturated heterocycles. The Hall–Kier alpha value is -2.93. The van der Waals surface area contributed by atoms with Crippen molar-refractivity contribution in [2.45, 2.75) is 30.4 Å². The molecule has 0 aliphatic carbocycles. The lowest BCUT2D eigenvalue weighted by atomic mass is 10.2. The third kappa shape index (κ3) is 4.86. The number of rotatable bonds is 8. The molecule has 144 valence electrons. The summed E-state index contributed by atoms with van der Waals surface area (Å²) in [5.74, 6) is 0.320. The van der Waals surface area contributed by atoms with Crippen molar-refractivity contribution in [3.8, 4) is 11.4 Å². The molecular formula is C21H21FN4OS. The number of carbonyl (C=O) groups excluding carboxylic acids is 1. The van der Waals surface area contributed by atoms with Crippen molar-refractivity contribution in [2.75, 3.05) is 0 Å². The van der Waals surface area contributed by atoms with Crippen molar-refractivity contribution in [1.29, 1.82) is 0 Å². The van der Waals surface area contributed by atoms with E-state index in [9.17, 15) is 9.18 Å². The Labute approximate surface area is 167 Å². The van der Waals surface area contributed by atoms with Crippen LogP contribution >= 0.6 is 11.8 Å². The van der Waals surface area contributed by atoms with Gasteiger partial charge in [-0.25, -0.2) is 4.39 Å². The summed E-state index contributed by atoms with van der Waals surface area (Å²) in [6.07, 6.45) is 1.78. The van der Waals surface area contributed by atoms with E-state index in [2.05, 4.69) is 22.1 Å². The van der Waals surface area contributed by atoms with Gasteiger partial charge in [-0.15, -0.1) is 16.8 Å².